The second-order valence-electron chi connectivity index (χ2n) is 3.59. The van der Waals surface area contributed by atoms with Crippen LogP contribution in [0.2, 0.25) is 0 Å². The molecule has 17 heavy (non-hydrogen) atoms. The Balaban J connectivity index is 2.61. The Kier molecular flexibility index (Phi) is 3.54. The molecule has 0 fully saturated rings. The summed E-state index contributed by atoms with van der Waals surface area (Å²) in [6, 6.07) is 1.59. The van der Waals surface area contributed by atoms with Crippen LogP contribution in [0.5, 0.6) is 17.2 Å². The molecule has 0 atom stereocenters. The average molecular weight is 302 g/mol. The van der Waals surface area contributed by atoms with Crippen molar-refractivity contribution in [2.24, 2.45) is 5.73 Å². The van der Waals surface area contributed by atoms with Gasteiger partial charge in [-0.05, 0) is 15.9 Å². The first-order chi connectivity index (χ1) is 8.15. The molecule has 0 saturated heterocycles. The molecule has 1 aliphatic rings. The van der Waals surface area contributed by atoms with Crippen LogP contribution in [-0.2, 0) is 0 Å². The molecule has 0 spiro atoms. The van der Waals surface area contributed by atoms with Gasteiger partial charge in [-0.1, -0.05) is 0 Å². The van der Waals surface area contributed by atoms with E-state index in [1.807, 2.05) is 0 Å². The van der Waals surface area contributed by atoms with E-state index in [1.165, 1.54) is 0 Å². The number of aromatic hydroxyl groups is 1. The number of Topliss-reactive ketones (excluding diaryl/α,β-unsaturated/α-hetero) is 1. The number of fused-ring (bicyclic) bond motifs is 1. The number of ether oxygens (including phenoxy) is 2. The third-order valence-electron chi connectivity index (χ3n) is 2.43. The Labute approximate surface area is 107 Å². The molecule has 0 unspecified atom stereocenters. The SMILES string of the molecule is NCC(=O)c1c(O)c(Br)cc2c1OCCCO2. The van der Waals surface area contributed by atoms with Crippen molar-refractivity contribution >= 4 is 21.7 Å². The first-order valence-corrected chi connectivity index (χ1v) is 5.98. The highest BCUT2D eigenvalue weighted by Gasteiger charge is 2.25. The Morgan fingerprint density at radius 3 is 2.88 bits per heavy atom. The minimum Gasteiger partial charge on any atom is -0.506 e. The molecule has 1 aliphatic heterocycles. The van der Waals surface area contributed by atoms with Crippen LogP contribution in [0.3, 0.4) is 0 Å². The van der Waals surface area contributed by atoms with Gasteiger partial charge in [-0.15, -0.1) is 0 Å². The Morgan fingerprint density at radius 1 is 1.47 bits per heavy atom. The molecule has 0 amide bonds. The van der Waals surface area contributed by atoms with Gasteiger partial charge in [0.15, 0.2) is 17.3 Å². The highest BCUT2D eigenvalue weighted by atomic mass is 79.9. The van der Waals surface area contributed by atoms with Crippen molar-refractivity contribution in [3.8, 4) is 17.2 Å². The number of phenols is 1. The fourth-order valence-corrected chi connectivity index (χ4v) is 2.03. The normalized spacial score (nSPS) is 14.2. The van der Waals surface area contributed by atoms with Gasteiger partial charge in [-0.25, -0.2) is 0 Å². The number of hydrogen-bond donors (Lipinski definition) is 2. The van der Waals surface area contributed by atoms with Crippen LogP contribution >= 0.6 is 15.9 Å². The lowest BCUT2D eigenvalue weighted by atomic mass is 10.1. The maximum Gasteiger partial charge on any atom is 0.184 e. The highest BCUT2D eigenvalue weighted by molar-refractivity contribution is 9.10. The van der Waals surface area contributed by atoms with E-state index >= 15 is 0 Å². The molecule has 0 aromatic heterocycles. The summed E-state index contributed by atoms with van der Waals surface area (Å²) < 4.78 is 11.3. The third-order valence-corrected chi connectivity index (χ3v) is 3.03. The molecule has 1 heterocycles. The van der Waals surface area contributed by atoms with Gasteiger partial charge in [0.2, 0.25) is 0 Å². The minimum absolute atomic E-state index is 0.0822. The first kappa shape index (κ1) is 12.2. The van der Waals surface area contributed by atoms with E-state index < -0.39 is 0 Å². The van der Waals surface area contributed by atoms with E-state index in [4.69, 9.17) is 15.2 Å². The zero-order valence-electron chi connectivity index (χ0n) is 9.03. The Hall–Kier alpha value is -1.27. The van der Waals surface area contributed by atoms with Crippen molar-refractivity contribution in [1.29, 1.82) is 0 Å². The summed E-state index contributed by atoms with van der Waals surface area (Å²) in [4.78, 5) is 11.7. The molecule has 3 N–H and O–H groups in total. The van der Waals surface area contributed by atoms with Crippen LogP contribution in [0.4, 0.5) is 0 Å². The second-order valence-corrected chi connectivity index (χ2v) is 4.44. The van der Waals surface area contributed by atoms with E-state index in [0.717, 1.165) is 6.42 Å². The summed E-state index contributed by atoms with van der Waals surface area (Å²) in [6.07, 6.45) is 0.726. The predicted molar refractivity (Wildman–Crippen MR) is 64.8 cm³/mol. The zero-order chi connectivity index (χ0) is 12.4. The van der Waals surface area contributed by atoms with Gasteiger partial charge in [0.05, 0.1) is 24.2 Å². The number of rotatable bonds is 2. The smallest absolute Gasteiger partial charge is 0.184 e. The molecule has 0 bridgehead atoms. The molecule has 0 aliphatic carbocycles. The molecule has 92 valence electrons. The molecule has 1 aromatic carbocycles. The number of carbonyl (C=O) groups is 1. The maximum absolute atomic E-state index is 11.7. The molecular weight excluding hydrogens is 290 g/mol. The summed E-state index contributed by atoms with van der Waals surface area (Å²) in [6.45, 7) is 0.763. The van der Waals surface area contributed by atoms with Crippen LogP contribution < -0.4 is 15.2 Å². The van der Waals surface area contributed by atoms with Crippen LogP contribution in [0.15, 0.2) is 10.5 Å². The van der Waals surface area contributed by atoms with Crippen molar-refractivity contribution < 1.29 is 19.4 Å². The lowest BCUT2D eigenvalue weighted by molar-refractivity contribution is 0.0994. The van der Waals surface area contributed by atoms with Gasteiger partial charge in [-0.3, -0.25) is 4.79 Å². The largest absolute Gasteiger partial charge is 0.506 e. The van der Waals surface area contributed by atoms with Gasteiger partial charge in [0.1, 0.15) is 11.3 Å². The predicted octanol–water partition coefficient (Wildman–Crippen LogP) is 1.46. The van der Waals surface area contributed by atoms with E-state index in [0.29, 0.717) is 23.4 Å². The summed E-state index contributed by atoms with van der Waals surface area (Å²) in [5.74, 6) is 0.179. The topological polar surface area (TPSA) is 81.8 Å². The van der Waals surface area contributed by atoms with Gasteiger partial charge < -0.3 is 20.3 Å². The molecular formula is C11H12BrNO4. The number of nitrogens with two attached hydrogens (primary N) is 1. The third kappa shape index (κ3) is 2.23. The number of carbonyl (C=O) groups excluding carboxylic acids is 1. The number of halogens is 1. The summed E-state index contributed by atoms with van der Waals surface area (Å²) in [5, 5.41) is 9.89. The quantitative estimate of drug-likeness (QED) is 0.808. The van der Waals surface area contributed by atoms with Crippen LogP contribution in [0.1, 0.15) is 16.8 Å². The monoisotopic (exact) mass is 301 g/mol. The van der Waals surface area contributed by atoms with Crippen LogP contribution in [-0.4, -0.2) is 30.6 Å². The number of benzene rings is 1. The van der Waals surface area contributed by atoms with Crippen molar-refractivity contribution in [3.63, 3.8) is 0 Å². The lowest BCUT2D eigenvalue weighted by Gasteiger charge is -2.14. The fraction of sp³-hybridized carbons (Fsp3) is 0.364. The fourth-order valence-electron chi connectivity index (χ4n) is 1.63. The second kappa shape index (κ2) is 4.93. The standard InChI is InChI=1S/C11H12BrNO4/c12-6-4-8-11(17-3-1-2-16-8)9(10(6)15)7(14)5-13/h4,15H,1-3,5,13H2. The van der Waals surface area contributed by atoms with E-state index in [-0.39, 0.29) is 29.4 Å². The maximum atomic E-state index is 11.7. The average Bonchev–Trinajstić information content (AvgIpc) is 2.55. The van der Waals surface area contributed by atoms with Gasteiger partial charge >= 0.3 is 0 Å². The number of hydrogen-bond acceptors (Lipinski definition) is 5. The molecule has 5 nitrogen and oxygen atoms in total. The summed E-state index contributed by atoms with van der Waals surface area (Å²) in [5.41, 5.74) is 5.41. The zero-order valence-corrected chi connectivity index (χ0v) is 10.6. The van der Waals surface area contributed by atoms with E-state index in [1.54, 1.807) is 6.07 Å². The summed E-state index contributed by atoms with van der Waals surface area (Å²) >= 11 is 3.17. The molecule has 6 heteroatoms. The van der Waals surface area contributed by atoms with E-state index in [9.17, 15) is 9.90 Å². The van der Waals surface area contributed by atoms with Gasteiger partial charge in [0, 0.05) is 12.5 Å². The van der Waals surface area contributed by atoms with Crippen molar-refractivity contribution in [1.82, 2.24) is 0 Å². The molecule has 2 rings (SSSR count). The van der Waals surface area contributed by atoms with Gasteiger partial charge in [-0.2, -0.15) is 0 Å². The highest BCUT2D eigenvalue weighted by Crippen LogP contribution is 2.43. The first-order valence-electron chi connectivity index (χ1n) is 5.19. The number of phenolic OH excluding ortho intramolecular Hbond substituents is 1. The van der Waals surface area contributed by atoms with E-state index in [2.05, 4.69) is 15.9 Å². The molecule has 1 aromatic rings. The molecule has 0 radical (unpaired) electrons. The van der Waals surface area contributed by atoms with Crippen molar-refractivity contribution in [3.05, 3.63) is 16.1 Å². The number of ketones is 1. The minimum atomic E-state index is -0.384. The van der Waals surface area contributed by atoms with Crippen LogP contribution in [0, 0.1) is 0 Å². The Bertz CT molecular complexity index is 461. The Morgan fingerprint density at radius 2 is 2.18 bits per heavy atom. The van der Waals surface area contributed by atoms with Crippen molar-refractivity contribution in [2.75, 3.05) is 19.8 Å². The summed E-state index contributed by atoms with van der Waals surface area (Å²) in [7, 11) is 0. The lowest BCUT2D eigenvalue weighted by Crippen LogP contribution is -2.15. The van der Waals surface area contributed by atoms with Crippen LogP contribution in [0.25, 0.3) is 0 Å². The van der Waals surface area contributed by atoms with Gasteiger partial charge in [0.25, 0.3) is 0 Å². The molecule has 0 saturated carbocycles. The van der Waals surface area contributed by atoms with Crippen molar-refractivity contribution in [2.45, 2.75) is 6.42 Å².